The first-order chi connectivity index (χ1) is 11.0. The zero-order valence-corrected chi connectivity index (χ0v) is 14.6. The summed E-state index contributed by atoms with van der Waals surface area (Å²) in [5.41, 5.74) is 0.807. The van der Waals surface area contributed by atoms with Crippen LogP contribution in [0.25, 0.3) is 0 Å². The number of benzene rings is 1. The van der Waals surface area contributed by atoms with E-state index >= 15 is 0 Å². The van der Waals surface area contributed by atoms with E-state index in [0.29, 0.717) is 12.1 Å². The Morgan fingerprint density at radius 3 is 2.57 bits per heavy atom. The number of carboxylic acid groups (broad SMARTS) is 1. The Morgan fingerprint density at radius 1 is 1.30 bits per heavy atom. The second-order valence-corrected chi connectivity index (χ2v) is 7.72. The number of carboxylic acids is 1. The van der Waals surface area contributed by atoms with Crippen LogP contribution < -0.4 is 5.32 Å². The highest BCUT2D eigenvalue weighted by Gasteiger charge is 2.32. The molecule has 1 fully saturated rings. The first-order valence-electron chi connectivity index (χ1n) is 8.24. The summed E-state index contributed by atoms with van der Waals surface area (Å²) in [6.45, 7) is 4.53. The minimum atomic E-state index is -0.874. The van der Waals surface area contributed by atoms with E-state index in [1.54, 1.807) is 13.0 Å². The Kier molecular flexibility index (Phi) is 6.10. The highest BCUT2D eigenvalue weighted by molar-refractivity contribution is 8.00. The number of aliphatic carboxylic acids is 1. The van der Waals surface area contributed by atoms with Crippen LogP contribution >= 0.6 is 11.8 Å². The molecule has 0 aliphatic heterocycles. The normalized spacial score (nSPS) is 17.7. The molecule has 23 heavy (non-hydrogen) atoms. The Labute approximate surface area is 142 Å². The predicted octanol–water partition coefficient (Wildman–Crippen LogP) is 3.95. The van der Waals surface area contributed by atoms with Crippen LogP contribution in [0, 0.1) is 5.41 Å². The molecule has 4 nitrogen and oxygen atoms in total. The molecule has 2 N–H and O–H groups in total. The summed E-state index contributed by atoms with van der Waals surface area (Å²) in [5, 5.41) is 11.6. The molecule has 126 valence electrons. The Hall–Kier alpha value is -1.49. The van der Waals surface area contributed by atoms with Crippen LogP contribution in [0.3, 0.4) is 0 Å². The van der Waals surface area contributed by atoms with E-state index in [9.17, 15) is 9.59 Å². The fourth-order valence-electron chi connectivity index (χ4n) is 3.14. The number of thioether (sulfide) groups is 1. The molecule has 0 spiro atoms. The second-order valence-electron chi connectivity index (χ2n) is 6.34. The maximum Gasteiger partial charge on any atom is 0.316 e. The number of hydrogen-bond acceptors (Lipinski definition) is 3. The monoisotopic (exact) mass is 335 g/mol. The number of carbonyl (C=O) groups excluding carboxylic acids is 1. The lowest BCUT2D eigenvalue weighted by molar-refractivity contribution is -0.136. The molecule has 0 aromatic heterocycles. The van der Waals surface area contributed by atoms with Crippen LogP contribution in [0.4, 0.5) is 0 Å². The molecule has 1 unspecified atom stereocenters. The van der Waals surface area contributed by atoms with Crippen molar-refractivity contribution in [2.45, 2.75) is 56.1 Å². The molecule has 0 radical (unpaired) electrons. The summed E-state index contributed by atoms with van der Waals surface area (Å²) in [6.07, 6.45) is 5.92. The average Bonchev–Trinajstić information content (AvgIpc) is 3.02. The molecule has 5 heteroatoms. The Bertz CT molecular complexity index is 567. The van der Waals surface area contributed by atoms with Gasteiger partial charge in [-0.15, -0.1) is 11.8 Å². The predicted molar refractivity (Wildman–Crippen MR) is 92.9 cm³/mol. The van der Waals surface area contributed by atoms with E-state index < -0.39 is 11.2 Å². The number of nitrogens with one attached hydrogen (secondary N) is 1. The molecule has 1 atom stereocenters. The zero-order valence-electron chi connectivity index (χ0n) is 13.8. The summed E-state index contributed by atoms with van der Waals surface area (Å²) >= 11 is 1.21. The van der Waals surface area contributed by atoms with Gasteiger partial charge in [-0.3, -0.25) is 9.59 Å². The van der Waals surface area contributed by atoms with Gasteiger partial charge in [0, 0.05) is 11.4 Å². The van der Waals surface area contributed by atoms with Gasteiger partial charge >= 0.3 is 5.97 Å². The fourth-order valence-corrected chi connectivity index (χ4v) is 4.07. The van der Waals surface area contributed by atoms with E-state index in [1.165, 1.54) is 37.4 Å². The van der Waals surface area contributed by atoms with Crippen LogP contribution in [0.2, 0.25) is 0 Å². The molecule has 1 aliphatic carbocycles. The third-order valence-electron chi connectivity index (χ3n) is 4.82. The van der Waals surface area contributed by atoms with Crippen molar-refractivity contribution in [3.8, 4) is 0 Å². The van der Waals surface area contributed by atoms with Crippen molar-refractivity contribution in [2.75, 3.05) is 6.54 Å². The van der Waals surface area contributed by atoms with Crippen LogP contribution in [0.5, 0.6) is 0 Å². The molecule has 1 aromatic rings. The van der Waals surface area contributed by atoms with Crippen LogP contribution in [-0.2, 0) is 4.79 Å². The Balaban J connectivity index is 2.06. The van der Waals surface area contributed by atoms with E-state index in [0.717, 1.165) is 11.3 Å². The first kappa shape index (κ1) is 17.9. The third-order valence-corrected chi connectivity index (χ3v) is 5.99. The molecular formula is C18H25NO3S. The smallest absolute Gasteiger partial charge is 0.316 e. The minimum absolute atomic E-state index is 0.106. The summed E-state index contributed by atoms with van der Waals surface area (Å²) in [5.74, 6) is -0.980. The van der Waals surface area contributed by atoms with Crippen molar-refractivity contribution in [3.63, 3.8) is 0 Å². The van der Waals surface area contributed by atoms with Crippen LogP contribution in [-0.4, -0.2) is 28.8 Å². The maximum absolute atomic E-state index is 12.6. The van der Waals surface area contributed by atoms with Crippen molar-refractivity contribution in [3.05, 3.63) is 29.8 Å². The van der Waals surface area contributed by atoms with E-state index in [-0.39, 0.29) is 11.3 Å². The highest BCUT2D eigenvalue weighted by atomic mass is 32.2. The van der Waals surface area contributed by atoms with E-state index in [2.05, 4.69) is 12.2 Å². The number of hydrogen-bond donors (Lipinski definition) is 2. The number of rotatable bonds is 7. The van der Waals surface area contributed by atoms with Crippen LogP contribution in [0.15, 0.2) is 29.2 Å². The molecule has 0 saturated heterocycles. The van der Waals surface area contributed by atoms with Gasteiger partial charge in [-0.2, -0.15) is 0 Å². The lowest BCUT2D eigenvalue weighted by atomic mass is 9.83. The van der Waals surface area contributed by atoms with Crippen LogP contribution in [0.1, 0.15) is 56.3 Å². The van der Waals surface area contributed by atoms with Crippen molar-refractivity contribution >= 4 is 23.6 Å². The number of amides is 1. The quantitative estimate of drug-likeness (QED) is 0.740. The standard InChI is InChI=1S/C18H25NO3S/c1-3-18(10-6-7-11-18)12-19-16(20)14-8-4-5-9-15(14)23-13(2)17(21)22/h4-5,8-9,13H,3,6-7,10-12H2,1-2H3,(H,19,20)(H,21,22). The van der Waals surface area contributed by atoms with Gasteiger partial charge in [0.25, 0.3) is 5.91 Å². The van der Waals surface area contributed by atoms with Crippen molar-refractivity contribution in [1.29, 1.82) is 0 Å². The summed E-state index contributed by atoms with van der Waals surface area (Å²) in [4.78, 5) is 24.3. The van der Waals surface area contributed by atoms with Crippen molar-refractivity contribution < 1.29 is 14.7 Å². The summed E-state index contributed by atoms with van der Waals surface area (Å²) in [7, 11) is 0. The molecule has 1 amide bonds. The number of carbonyl (C=O) groups is 2. The zero-order chi connectivity index (χ0) is 16.9. The molecule has 1 saturated carbocycles. The lowest BCUT2D eigenvalue weighted by Gasteiger charge is -2.27. The molecule has 0 heterocycles. The molecular weight excluding hydrogens is 310 g/mol. The van der Waals surface area contributed by atoms with Gasteiger partial charge in [-0.25, -0.2) is 0 Å². The highest BCUT2D eigenvalue weighted by Crippen LogP contribution is 2.40. The van der Waals surface area contributed by atoms with Gasteiger partial charge in [-0.05, 0) is 43.7 Å². The van der Waals surface area contributed by atoms with Gasteiger partial charge in [0.15, 0.2) is 0 Å². The Morgan fingerprint density at radius 2 is 1.96 bits per heavy atom. The topological polar surface area (TPSA) is 66.4 Å². The maximum atomic E-state index is 12.6. The van der Waals surface area contributed by atoms with Crippen molar-refractivity contribution in [2.24, 2.45) is 5.41 Å². The fraction of sp³-hybridized carbons (Fsp3) is 0.556. The van der Waals surface area contributed by atoms with Gasteiger partial charge in [0.1, 0.15) is 5.25 Å². The SMILES string of the molecule is CCC1(CNC(=O)c2ccccc2SC(C)C(=O)O)CCCC1. The third kappa shape index (κ3) is 4.50. The molecule has 2 rings (SSSR count). The first-order valence-corrected chi connectivity index (χ1v) is 9.12. The van der Waals surface area contributed by atoms with Gasteiger partial charge in [0.2, 0.25) is 0 Å². The minimum Gasteiger partial charge on any atom is -0.480 e. The molecule has 1 aromatic carbocycles. The molecule has 1 aliphatic rings. The molecule has 0 bridgehead atoms. The second kappa shape index (κ2) is 7.86. The van der Waals surface area contributed by atoms with E-state index in [4.69, 9.17) is 5.11 Å². The lowest BCUT2D eigenvalue weighted by Crippen LogP contribution is -2.35. The van der Waals surface area contributed by atoms with Gasteiger partial charge in [0.05, 0.1) is 5.56 Å². The summed E-state index contributed by atoms with van der Waals surface area (Å²) < 4.78 is 0. The average molecular weight is 335 g/mol. The van der Waals surface area contributed by atoms with E-state index in [1.807, 2.05) is 18.2 Å². The van der Waals surface area contributed by atoms with Gasteiger partial charge in [-0.1, -0.05) is 31.9 Å². The summed E-state index contributed by atoms with van der Waals surface area (Å²) in [6, 6.07) is 7.22. The largest absolute Gasteiger partial charge is 0.480 e. The van der Waals surface area contributed by atoms with Gasteiger partial charge < -0.3 is 10.4 Å². The van der Waals surface area contributed by atoms with Crippen molar-refractivity contribution in [1.82, 2.24) is 5.32 Å².